The summed E-state index contributed by atoms with van der Waals surface area (Å²) in [6.07, 6.45) is 5.86. The summed E-state index contributed by atoms with van der Waals surface area (Å²) in [6.45, 7) is 2.81. The Morgan fingerprint density at radius 2 is 1.92 bits per heavy atom. The molecule has 4 nitrogen and oxygen atoms in total. The molecule has 1 aliphatic heterocycles. The number of furan rings is 1. The van der Waals surface area contributed by atoms with Crippen LogP contribution >= 0.6 is 0 Å². The molecule has 3 aromatic rings. The first-order valence-corrected chi connectivity index (χ1v) is 8.65. The van der Waals surface area contributed by atoms with Crippen molar-refractivity contribution in [1.29, 1.82) is 0 Å². The highest BCUT2D eigenvalue weighted by Crippen LogP contribution is 2.30. The molecule has 0 spiro atoms. The highest BCUT2D eigenvalue weighted by Gasteiger charge is 2.18. The number of carbonyl (C=O) groups is 1. The van der Waals surface area contributed by atoms with Crippen molar-refractivity contribution < 1.29 is 9.21 Å². The Hall–Kier alpha value is -3.27. The zero-order chi connectivity index (χ0) is 17.9. The number of hydrogen-bond acceptors (Lipinski definition) is 3. The summed E-state index contributed by atoms with van der Waals surface area (Å²) < 4.78 is 5.36. The van der Waals surface area contributed by atoms with Gasteiger partial charge in [0.15, 0.2) is 0 Å². The smallest absolute Gasteiger partial charge is 0.224 e. The Morgan fingerprint density at radius 1 is 1.08 bits per heavy atom. The molecule has 0 fully saturated rings. The number of hydrogen-bond donors (Lipinski definition) is 1. The van der Waals surface area contributed by atoms with Crippen LogP contribution in [0.2, 0.25) is 0 Å². The van der Waals surface area contributed by atoms with E-state index >= 15 is 0 Å². The molecular weight excluding hydrogens is 324 g/mol. The minimum Gasteiger partial charge on any atom is -0.467 e. The van der Waals surface area contributed by atoms with Crippen LogP contribution in [-0.2, 0) is 17.9 Å². The average molecular weight is 344 g/mol. The second-order valence-electron chi connectivity index (χ2n) is 6.34. The quantitative estimate of drug-likeness (QED) is 0.733. The number of nitrogens with zero attached hydrogens (tertiary/aromatic N) is 1. The van der Waals surface area contributed by atoms with Gasteiger partial charge in [-0.3, -0.25) is 4.79 Å². The van der Waals surface area contributed by atoms with E-state index in [9.17, 15) is 4.79 Å². The maximum atomic E-state index is 12.2. The minimum absolute atomic E-state index is 0.0405. The average Bonchev–Trinajstić information content (AvgIpc) is 3.15. The molecule has 0 unspecified atom stereocenters. The van der Waals surface area contributed by atoms with Gasteiger partial charge in [0, 0.05) is 12.6 Å². The molecule has 130 valence electrons. The van der Waals surface area contributed by atoms with Crippen LogP contribution in [-0.4, -0.2) is 5.91 Å². The number of carbonyl (C=O) groups excluding carboxylic acids is 1. The van der Waals surface area contributed by atoms with Gasteiger partial charge in [0.1, 0.15) is 5.76 Å². The van der Waals surface area contributed by atoms with E-state index in [2.05, 4.69) is 29.6 Å². The lowest BCUT2D eigenvalue weighted by molar-refractivity contribution is -0.116. The topological polar surface area (TPSA) is 45.5 Å². The molecule has 26 heavy (non-hydrogen) atoms. The lowest BCUT2D eigenvalue weighted by Crippen LogP contribution is -2.29. The van der Waals surface area contributed by atoms with E-state index in [1.807, 2.05) is 47.4 Å². The zero-order valence-electron chi connectivity index (χ0n) is 14.6. The summed E-state index contributed by atoms with van der Waals surface area (Å²) in [5.41, 5.74) is 5.24. The molecule has 4 heteroatoms. The lowest BCUT2D eigenvalue weighted by atomic mass is 10.0. The Kier molecular flexibility index (Phi) is 4.32. The maximum absolute atomic E-state index is 12.2. The summed E-state index contributed by atoms with van der Waals surface area (Å²) in [6, 6.07) is 18.0. The van der Waals surface area contributed by atoms with Crippen LogP contribution in [0.5, 0.6) is 0 Å². The van der Waals surface area contributed by atoms with Gasteiger partial charge in [0.2, 0.25) is 5.91 Å². The molecule has 0 aliphatic carbocycles. The van der Waals surface area contributed by atoms with Crippen LogP contribution in [0, 0.1) is 0 Å². The third kappa shape index (κ3) is 3.26. The van der Waals surface area contributed by atoms with Crippen molar-refractivity contribution in [1.82, 2.24) is 0 Å². The number of para-hydroxylation sites is 1. The van der Waals surface area contributed by atoms with Crippen LogP contribution in [0.25, 0.3) is 12.2 Å². The lowest BCUT2D eigenvalue weighted by Gasteiger charge is -2.26. The minimum atomic E-state index is 0.0405. The van der Waals surface area contributed by atoms with Crippen molar-refractivity contribution in [2.24, 2.45) is 0 Å². The van der Waals surface area contributed by atoms with Gasteiger partial charge in [0.25, 0.3) is 0 Å². The van der Waals surface area contributed by atoms with Crippen LogP contribution in [0.1, 0.15) is 29.4 Å². The summed E-state index contributed by atoms with van der Waals surface area (Å²) >= 11 is 0. The molecule has 1 N–H and O–H groups in total. The van der Waals surface area contributed by atoms with Gasteiger partial charge in [-0.25, -0.2) is 0 Å². The number of benzene rings is 2. The zero-order valence-corrected chi connectivity index (χ0v) is 14.6. The van der Waals surface area contributed by atoms with E-state index in [0.29, 0.717) is 13.1 Å². The molecule has 0 radical (unpaired) electrons. The van der Waals surface area contributed by atoms with E-state index in [0.717, 1.165) is 33.8 Å². The molecular formula is C22H20N2O2. The normalized spacial score (nSPS) is 12.7. The van der Waals surface area contributed by atoms with Crippen LogP contribution in [0.15, 0.2) is 65.3 Å². The van der Waals surface area contributed by atoms with E-state index in [-0.39, 0.29) is 5.91 Å². The fourth-order valence-electron chi connectivity index (χ4n) is 3.20. The molecule has 1 aliphatic rings. The summed E-state index contributed by atoms with van der Waals surface area (Å²) in [4.78, 5) is 14.0. The van der Waals surface area contributed by atoms with Crippen molar-refractivity contribution >= 4 is 29.4 Å². The van der Waals surface area contributed by atoms with Gasteiger partial charge in [-0.05, 0) is 47.0 Å². The second-order valence-corrected chi connectivity index (χ2v) is 6.34. The number of fused-ring (bicyclic) bond motifs is 2. The fraction of sp³-hybridized carbons (Fsp3) is 0.136. The van der Waals surface area contributed by atoms with Gasteiger partial charge in [-0.15, -0.1) is 0 Å². The first kappa shape index (κ1) is 16.2. The molecule has 4 rings (SSSR count). The van der Waals surface area contributed by atoms with Gasteiger partial charge < -0.3 is 14.6 Å². The third-order valence-electron chi connectivity index (χ3n) is 4.57. The Balaban J connectivity index is 1.66. The molecule has 1 amide bonds. The van der Waals surface area contributed by atoms with Gasteiger partial charge in [-0.2, -0.15) is 0 Å². The number of rotatable bonds is 3. The van der Waals surface area contributed by atoms with Crippen molar-refractivity contribution in [3.05, 3.63) is 83.3 Å². The van der Waals surface area contributed by atoms with Gasteiger partial charge in [-0.1, -0.05) is 36.4 Å². The van der Waals surface area contributed by atoms with Gasteiger partial charge >= 0.3 is 0 Å². The number of nitrogens with one attached hydrogen (secondary N) is 1. The number of anilines is 2. The van der Waals surface area contributed by atoms with E-state index in [1.165, 1.54) is 0 Å². The first-order valence-electron chi connectivity index (χ1n) is 8.65. The van der Waals surface area contributed by atoms with Crippen molar-refractivity contribution in [2.45, 2.75) is 20.0 Å². The van der Waals surface area contributed by atoms with Crippen molar-refractivity contribution in [2.75, 3.05) is 10.2 Å². The predicted octanol–water partition coefficient (Wildman–Crippen LogP) is 4.93. The predicted molar refractivity (Wildman–Crippen MR) is 105 cm³/mol. The van der Waals surface area contributed by atoms with Crippen LogP contribution < -0.4 is 10.2 Å². The Morgan fingerprint density at radius 3 is 2.73 bits per heavy atom. The maximum Gasteiger partial charge on any atom is 0.224 e. The fourth-order valence-corrected chi connectivity index (χ4v) is 3.20. The molecule has 1 aromatic heterocycles. The third-order valence-corrected chi connectivity index (χ3v) is 4.57. The monoisotopic (exact) mass is 344 g/mol. The molecule has 0 saturated heterocycles. The summed E-state index contributed by atoms with van der Waals surface area (Å²) in [5, 5.41) is 3.38. The van der Waals surface area contributed by atoms with Gasteiger partial charge in [0.05, 0.1) is 25.0 Å². The highest BCUT2D eigenvalue weighted by atomic mass is 16.3. The highest BCUT2D eigenvalue weighted by molar-refractivity contribution is 5.95. The molecule has 0 bridgehead atoms. The van der Waals surface area contributed by atoms with Crippen LogP contribution in [0.3, 0.4) is 0 Å². The van der Waals surface area contributed by atoms with E-state index in [4.69, 9.17) is 4.42 Å². The SMILES string of the molecule is CC(=O)N1Cc2ccc(NCc3ccco3)cc2C=Cc2ccccc21. The summed E-state index contributed by atoms with van der Waals surface area (Å²) in [5.74, 6) is 0.933. The number of amides is 1. The molecule has 0 saturated carbocycles. The molecule has 0 atom stereocenters. The van der Waals surface area contributed by atoms with E-state index < -0.39 is 0 Å². The van der Waals surface area contributed by atoms with Crippen molar-refractivity contribution in [3.63, 3.8) is 0 Å². The molecule has 2 aromatic carbocycles. The first-order chi connectivity index (χ1) is 12.7. The summed E-state index contributed by atoms with van der Waals surface area (Å²) in [7, 11) is 0. The second kappa shape index (κ2) is 6.92. The molecule has 2 heterocycles. The standard InChI is InChI=1S/C22H20N2O2/c1-16(25)24-15-19-10-11-20(23-14-21-6-4-12-26-21)13-18(19)9-8-17-5-2-3-7-22(17)24/h2-13,23H,14-15H2,1H3. The van der Waals surface area contributed by atoms with Crippen LogP contribution in [0.4, 0.5) is 11.4 Å². The Bertz CT molecular complexity index is 958. The van der Waals surface area contributed by atoms with E-state index in [1.54, 1.807) is 13.2 Å². The Labute approximate surface area is 152 Å². The van der Waals surface area contributed by atoms with Crippen molar-refractivity contribution in [3.8, 4) is 0 Å². The largest absolute Gasteiger partial charge is 0.467 e.